The molecule has 90 valence electrons. The molecule has 0 unspecified atom stereocenters. The van der Waals surface area contributed by atoms with Crippen molar-refractivity contribution in [3.05, 3.63) is 26.6 Å². The van der Waals surface area contributed by atoms with Crippen molar-refractivity contribution in [1.82, 2.24) is 0 Å². The largest absolute Gasteiger partial charge is 0.482 e. The Labute approximate surface area is 112 Å². The fourth-order valence-corrected chi connectivity index (χ4v) is 2.65. The maximum absolute atomic E-state index is 12.0. The van der Waals surface area contributed by atoms with Crippen LogP contribution in [0.4, 0.5) is 13.2 Å². The number of ether oxygens (including phenoxy) is 1. The van der Waals surface area contributed by atoms with E-state index in [1.807, 2.05) is 0 Å². The fourth-order valence-electron chi connectivity index (χ4n) is 0.981. The summed E-state index contributed by atoms with van der Waals surface area (Å²) >= 11 is 11.9. The van der Waals surface area contributed by atoms with Crippen molar-refractivity contribution < 1.29 is 17.9 Å². The average molecular weight is 382 g/mol. The summed E-state index contributed by atoms with van der Waals surface area (Å²) in [5.41, 5.74) is 0.778. The Morgan fingerprint density at radius 2 is 1.69 bits per heavy atom. The Morgan fingerprint density at radius 1 is 1.19 bits per heavy atom. The molecule has 0 radical (unpaired) electrons. The third kappa shape index (κ3) is 4.14. The molecule has 0 aromatic heterocycles. The number of halogens is 6. The SMILES string of the molecule is FC(F)(F)COc1c(Br)cc(CCl)cc1Br. The first-order valence-electron chi connectivity index (χ1n) is 4.07. The summed E-state index contributed by atoms with van der Waals surface area (Å²) in [7, 11) is 0. The minimum absolute atomic E-state index is 0.117. The summed E-state index contributed by atoms with van der Waals surface area (Å²) in [6, 6.07) is 3.23. The summed E-state index contributed by atoms with van der Waals surface area (Å²) in [5, 5.41) is 0. The number of benzene rings is 1. The van der Waals surface area contributed by atoms with Crippen LogP contribution in [-0.4, -0.2) is 12.8 Å². The van der Waals surface area contributed by atoms with E-state index in [1.165, 1.54) is 0 Å². The first-order valence-corrected chi connectivity index (χ1v) is 6.19. The van der Waals surface area contributed by atoms with Crippen molar-refractivity contribution in [2.45, 2.75) is 12.1 Å². The standard InChI is InChI=1S/C9H6Br2ClF3O/c10-6-1-5(3-12)2-7(11)8(6)16-4-9(13,14)15/h1-2H,3-4H2. The highest BCUT2D eigenvalue weighted by atomic mass is 79.9. The molecule has 1 rings (SSSR count). The lowest BCUT2D eigenvalue weighted by atomic mass is 10.2. The molecule has 7 heteroatoms. The van der Waals surface area contributed by atoms with E-state index < -0.39 is 12.8 Å². The molecular formula is C9H6Br2ClF3O. The number of alkyl halides is 4. The van der Waals surface area contributed by atoms with Gasteiger partial charge in [0.05, 0.1) is 8.95 Å². The van der Waals surface area contributed by atoms with Crippen molar-refractivity contribution >= 4 is 43.5 Å². The number of hydrogen-bond donors (Lipinski definition) is 0. The highest BCUT2D eigenvalue weighted by Crippen LogP contribution is 2.36. The van der Waals surface area contributed by atoms with E-state index in [0.29, 0.717) is 8.95 Å². The summed E-state index contributed by atoms with van der Waals surface area (Å²) in [5.74, 6) is 0.391. The van der Waals surface area contributed by atoms with Crippen LogP contribution in [0.2, 0.25) is 0 Å². The van der Waals surface area contributed by atoms with E-state index in [-0.39, 0.29) is 11.6 Å². The van der Waals surface area contributed by atoms with Crippen LogP contribution in [0.5, 0.6) is 5.75 Å². The molecule has 0 aliphatic heterocycles. The average Bonchev–Trinajstić information content (AvgIpc) is 2.14. The van der Waals surface area contributed by atoms with E-state index >= 15 is 0 Å². The van der Waals surface area contributed by atoms with Crippen molar-refractivity contribution in [2.75, 3.05) is 6.61 Å². The van der Waals surface area contributed by atoms with Gasteiger partial charge in [-0.25, -0.2) is 0 Å². The van der Waals surface area contributed by atoms with Crippen molar-refractivity contribution in [3.63, 3.8) is 0 Å². The van der Waals surface area contributed by atoms with E-state index in [1.54, 1.807) is 12.1 Å². The molecule has 0 atom stereocenters. The zero-order valence-corrected chi connectivity index (χ0v) is 11.7. The van der Waals surface area contributed by atoms with Crippen LogP contribution < -0.4 is 4.74 Å². The van der Waals surface area contributed by atoms with Crippen LogP contribution in [0, 0.1) is 0 Å². The lowest BCUT2D eigenvalue weighted by Gasteiger charge is -2.13. The predicted octanol–water partition coefficient (Wildman–Crippen LogP) is 4.89. The lowest BCUT2D eigenvalue weighted by molar-refractivity contribution is -0.153. The molecule has 1 aromatic rings. The zero-order valence-electron chi connectivity index (χ0n) is 7.74. The normalized spacial score (nSPS) is 11.6. The minimum atomic E-state index is -4.36. The van der Waals surface area contributed by atoms with E-state index in [2.05, 4.69) is 36.6 Å². The van der Waals surface area contributed by atoms with Crippen LogP contribution in [0.1, 0.15) is 5.56 Å². The molecule has 1 nitrogen and oxygen atoms in total. The first-order chi connectivity index (χ1) is 7.33. The highest BCUT2D eigenvalue weighted by Gasteiger charge is 2.29. The van der Waals surface area contributed by atoms with E-state index in [9.17, 15) is 13.2 Å². The molecule has 0 fully saturated rings. The molecule has 0 heterocycles. The van der Waals surface area contributed by atoms with Gasteiger partial charge < -0.3 is 4.74 Å². The van der Waals surface area contributed by atoms with Crippen molar-refractivity contribution in [3.8, 4) is 5.75 Å². The van der Waals surface area contributed by atoms with E-state index in [0.717, 1.165) is 5.56 Å². The predicted molar refractivity (Wildman–Crippen MR) is 62.9 cm³/mol. The molecule has 16 heavy (non-hydrogen) atoms. The Kier molecular flexibility index (Phi) is 4.94. The third-order valence-electron chi connectivity index (χ3n) is 1.59. The molecule has 0 bridgehead atoms. The minimum Gasteiger partial charge on any atom is -0.482 e. The third-order valence-corrected chi connectivity index (χ3v) is 3.08. The summed E-state index contributed by atoms with van der Waals surface area (Å²) in [4.78, 5) is 0. The Balaban J connectivity index is 2.88. The van der Waals surface area contributed by atoms with Crippen LogP contribution in [-0.2, 0) is 5.88 Å². The Morgan fingerprint density at radius 3 is 2.06 bits per heavy atom. The van der Waals surface area contributed by atoms with Crippen molar-refractivity contribution in [2.24, 2.45) is 0 Å². The van der Waals surface area contributed by atoms with Crippen LogP contribution in [0.25, 0.3) is 0 Å². The lowest BCUT2D eigenvalue weighted by Crippen LogP contribution is -2.19. The number of hydrogen-bond acceptors (Lipinski definition) is 1. The second-order valence-electron chi connectivity index (χ2n) is 2.93. The smallest absolute Gasteiger partial charge is 0.422 e. The molecule has 0 aliphatic rings. The highest BCUT2D eigenvalue weighted by molar-refractivity contribution is 9.11. The van der Waals surface area contributed by atoms with Crippen LogP contribution >= 0.6 is 43.5 Å². The molecule has 0 amide bonds. The number of rotatable bonds is 3. The van der Waals surface area contributed by atoms with Crippen molar-refractivity contribution in [1.29, 1.82) is 0 Å². The van der Waals surface area contributed by atoms with Gasteiger partial charge in [-0.15, -0.1) is 11.6 Å². The quantitative estimate of drug-likeness (QED) is 0.677. The second-order valence-corrected chi connectivity index (χ2v) is 4.90. The van der Waals surface area contributed by atoms with Gasteiger partial charge in [-0.2, -0.15) is 13.2 Å². The molecular weight excluding hydrogens is 376 g/mol. The summed E-state index contributed by atoms with van der Waals surface area (Å²) in [6.07, 6.45) is -4.36. The first kappa shape index (κ1) is 14.1. The van der Waals surface area contributed by atoms with Gasteiger partial charge in [-0.1, -0.05) is 0 Å². The Hall–Kier alpha value is 0.0600. The molecule has 1 aromatic carbocycles. The molecule has 0 saturated heterocycles. The van der Waals surface area contributed by atoms with Gasteiger partial charge in [0.15, 0.2) is 6.61 Å². The topological polar surface area (TPSA) is 9.23 Å². The molecule has 0 spiro atoms. The monoisotopic (exact) mass is 380 g/mol. The van der Waals surface area contributed by atoms with Gasteiger partial charge in [-0.3, -0.25) is 0 Å². The second kappa shape index (κ2) is 5.60. The zero-order chi connectivity index (χ0) is 12.3. The van der Waals surface area contributed by atoms with Gasteiger partial charge in [-0.05, 0) is 49.6 Å². The van der Waals surface area contributed by atoms with Gasteiger partial charge in [0.25, 0.3) is 0 Å². The fraction of sp³-hybridized carbons (Fsp3) is 0.333. The van der Waals surface area contributed by atoms with Gasteiger partial charge in [0.2, 0.25) is 0 Å². The van der Waals surface area contributed by atoms with Crippen LogP contribution in [0.15, 0.2) is 21.1 Å². The summed E-state index contributed by atoms with van der Waals surface area (Å²) < 4.78 is 41.5. The summed E-state index contributed by atoms with van der Waals surface area (Å²) in [6.45, 7) is -1.33. The molecule has 0 aliphatic carbocycles. The van der Waals surface area contributed by atoms with Gasteiger partial charge in [0.1, 0.15) is 5.75 Å². The van der Waals surface area contributed by atoms with Gasteiger partial charge in [0, 0.05) is 5.88 Å². The molecule has 0 N–H and O–H groups in total. The van der Waals surface area contributed by atoms with Gasteiger partial charge >= 0.3 is 6.18 Å². The maximum atomic E-state index is 12.0. The van der Waals surface area contributed by atoms with Crippen LogP contribution in [0.3, 0.4) is 0 Å². The molecule has 0 saturated carbocycles. The Bertz CT molecular complexity index is 359. The van der Waals surface area contributed by atoms with E-state index in [4.69, 9.17) is 11.6 Å². The maximum Gasteiger partial charge on any atom is 0.422 e.